The molecule has 0 saturated heterocycles. The van der Waals surface area contributed by atoms with E-state index < -0.39 is 6.17 Å². The lowest BCUT2D eigenvalue weighted by Crippen LogP contribution is -2.18. The molecule has 1 atom stereocenters. The maximum atomic E-state index is 14.2. The summed E-state index contributed by atoms with van der Waals surface area (Å²) in [6.45, 7) is 0.962. The van der Waals surface area contributed by atoms with Gasteiger partial charge in [-0.1, -0.05) is 24.6 Å². The Balaban J connectivity index is 1.93. The topological polar surface area (TPSA) is 12.0 Å². The van der Waals surface area contributed by atoms with Crippen LogP contribution in [0.4, 0.5) is 10.1 Å². The molecular weight excluding hydrogens is 189 g/mol. The van der Waals surface area contributed by atoms with Crippen LogP contribution in [0, 0.1) is 5.92 Å². The van der Waals surface area contributed by atoms with Gasteiger partial charge in [0.15, 0.2) is 0 Å². The van der Waals surface area contributed by atoms with Crippen LogP contribution < -0.4 is 5.32 Å². The van der Waals surface area contributed by atoms with Gasteiger partial charge in [0.2, 0.25) is 0 Å². The number of hydrogen-bond donors (Lipinski definition) is 1. The van der Waals surface area contributed by atoms with Crippen LogP contribution in [0.3, 0.4) is 0 Å². The molecule has 1 aromatic carbocycles. The van der Waals surface area contributed by atoms with Crippen LogP contribution in [0.1, 0.15) is 36.6 Å². The van der Waals surface area contributed by atoms with Gasteiger partial charge in [-0.25, -0.2) is 4.39 Å². The van der Waals surface area contributed by atoms with Crippen LogP contribution in [-0.2, 0) is 6.42 Å². The highest BCUT2D eigenvalue weighted by atomic mass is 19.1. The molecule has 80 valence electrons. The average molecular weight is 205 g/mol. The van der Waals surface area contributed by atoms with Crippen molar-refractivity contribution in [3.8, 4) is 0 Å². The maximum Gasteiger partial charge on any atom is 0.130 e. The zero-order valence-corrected chi connectivity index (χ0v) is 8.80. The minimum absolute atomic E-state index is 0.277. The highest BCUT2D eigenvalue weighted by Gasteiger charge is 2.31. The molecule has 3 rings (SSSR count). The van der Waals surface area contributed by atoms with Crippen molar-refractivity contribution in [2.45, 2.75) is 31.9 Å². The summed E-state index contributed by atoms with van der Waals surface area (Å²) in [5.41, 5.74) is 3.26. The predicted octanol–water partition coefficient (Wildman–Crippen LogP) is 3.47. The molecule has 0 spiro atoms. The Morgan fingerprint density at radius 3 is 2.93 bits per heavy atom. The van der Waals surface area contributed by atoms with Gasteiger partial charge in [0.25, 0.3) is 0 Å². The summed E-state index contributed by atoms with van der Waals surface area (Å²) in [7, 11) is 0. The number of alkyl halides is 1. The van der Waals surface area contributed by atoms with Gasteiger partial charge in [0.1, 0.15) is 6.17 Å². The molecule has 2 heteroatoms. The van der Waals surface area contributed by atoms with Crippen molar-refractivity contribution < 1.29 is 4.39 Å². The zero-order valence-electron chi connectivity index (χ0n) is 8.80. The molecule has 1 saturated carbocycles. The van der Waals surface area contributed by atoms with Gasteiger partial charge in [-0.05, 0) is 30.7 Å². The van der Waals surface area contributed by atoms with E-state index in [0.717, 1.165) is 37.1 Å². The van der Waals surface area contributed by atoms with Crippen LogP contribution in [0.15, 0.2) is 18.2 Å². The molecule has 1 aliphatic carbocycles. The maximum absolute atomic E-state index is 14.2. The number of benzene rings is 1. The molecule has 1 heterocycles. The van der Waals surface area contributed by atoms with Crippen molar-refractivity contribution in [1.82, 2.24) is 0 Å². The molecule has 1 unspecified atom stereocenters. The lowest BCUT2D eigenvalue weighted by Gasteiger charge is -2.29. The smallest absolute Gasteiger partial charge is 0.130 e. The van der Waals surface area contributed by atoms with Crippen LogP contribution in [0.25, 0.3) is 0 Å². The zero-order chi connectivity index (χ0) is 10.3. The molecule has 1 aliphatic heterocycles. The normalized spacial score (nSPS) is 21.7. The third-order valence-corrected chi connectivity index (χ3v) is 3.74. The standard InChI is InChI=1S/C13H16FN/c14-12(9-3-1-4-9)11-6-2-5-10-7-8-15-13(10)11/h2,5-6,9,12,15H,1,3-4,7-8H2. The molecule has 0 radical (unpaired) electrons. The van der Waals surface area contributed by atoms with Crippen molar-refractivity contribution >= 4 is 5.69 Å². The van der Waals surface area contributed by atoms with Gasteiger partial charge in [-0.2, -0.15) is 0 Å². The molecule has 2 aliphatic rings. The van der Waals surface area contributed by atoms with Gasteiger partial charge < -0.3 is 5.32 Å². The van der Waals surface area contributed by atoms with E-state index >= 15 is 0 Å². The molecule has 15 heavy (non-hydrogen) atoms. The van der Waals surface area contributed by atoms with Crippen molar-refractivity contribution in [1.29, 1.82) is 0 Å². The largest absolute Gasteiger partial charge is 0.384 e. The lowest BCUT2D eigenvalue weighted by atomic mass is 9.79. The highest BCUT2D eigenvalue weighted by Crippen LogP contribution is 2.43. The predicted molar refractivity (Wildman–Crippen MR) is 59.8 cm³/mol. The number of nitrogens with one attached hydrogen (secondary N) is 1. The van der Waals surface area contributed by atoms with Gasteiger partial charge in [-0.3, -0.25) is 0 Å². The Labute approximate surface area is 89.7 Å². The molecule has 0 amide bonds. The Hall–Kier alpha value is -1.05. The number of fused-ring (bicyclic) bond motifs is 1. The van der Waals surface area contributed by atoms with E-state index in [-0.39, 0.29) is 5.92 Å². The minimum Gasteiger partial charge on any atom is -0.384 e. The first kappa shape index (κ1) is 9.20. The Bertz CT molecular complexity index is 371. The van der Waals surface area contributed by atoms with E-state index in [1.807, 2.05) is 12.1 Å². The number of anilines is 1. The van der Waals surface area contributed by atoms with Crippen LogP contribution >= 0.6 is 0 Å². The summed E-state index contributed by atoms with van der Waals surface area (Å²) < 4.78 is 14.2. The third-order valence-electron chi connectivity index (χ3n) is 3.74. The van der Waals surface area contributed by atoms with Gasteiger partial charge in [0.05, 0.1) is 0 Å². The van der Waals surface area contributed by atoms with E-state index in [0.29, 0.717) is 0 Å². The SMILES string of the molecule is FC(c1cccc2c1NCC2)C1CCC1. The first-order valence-electron chi connectivity index (χ1n) is 5.86. The number of hydrogen-bond acceptors (Lipinski definition) is 1. The molecule has 1 aromatic rings. The van der Waals surface area contributed by atoms with Crippen molar-refractivity contribution in [2.75, 3.05) is 11.9 Å². The first-order valence-corrected chi connectivity index (χ1v) is 5.86. The van der Waals surface area contributed by atoms with Gasteiger partial charge in [-0.15, -0.1) is 0 Å². The second-order valence-electron chi connectivity index (χ2n) is 4.65. The fraction of sp³-hybridized carbons (Fsp3) is 0.538. The summed E-state index contributed by atoms with van der Waals surface area (Å²) in [6, 6.07) is 6.04. The van der Waals surface area contributed by atoms with Crippen LogP contribution in [-0.4, -0.2) is 6.54 Å². The van der Waals surface area contributed by atoms with E-state index in [1.165, 1.54) is 12.0 Å². The second kappa shape index (κ2) is 3.51. The van der Waals surface area contributed by atoms with E-state index in [4.69, 9.17) is 0 Å². The van der Waals surface area contributed by atoms with Crippen LogP contribution in [0.5, 0.6) is 0 Å². The Morgan fingerprint density at radius 1 is 1.33 bits per heavy atom. The first-order chi connectivity index (χ1) is 7.36. The van der Waals surface area contributed by atoms with Crippen molar-refractivity contribution in [3.05, 3.63) is 29.3 Å². The highest BCUT2D eigenvalue weighted by molar-refractivity contribution is 5.62. The summed E-state index contributed by atoms with van der Waals surface area (Å²) >= 11 is 0. The monoisotopic (exact) mass is 205 g/mol. The Kier molecular flexibility index (Phi) is 2.15. The molecule has 0 bridgehead atoms. The third kappa shape index (κ3) is 1.43. The summed E-state index contributed by atoms with van der Waals surface area (Å²) in [4.78, 5) is 0. The van der Waals surface area contributed by atoms with Gasteiger partial charge in [0, 0.05) is 17.8 Å². The second-order valence-corrected chi connectivity index (χ2v) is 4.65. The fourth-order valence-electron chi connectivity index (χ4n) is 2.58. The molecule has 0 aromatic heterocycles. The van der Waals surface area contributed by atoms with E-state index in [9.17, 15) is 4.39 Å². The Morgan fingerprint density at radius 2 is 2.20 bits per heavy atom. The number of para-hydroxylation sites is 1. The molecular formula is C13H16FN. The summed E-state index contributed by atoms with van der Waals surface area (Å²) in [5, 5.41) is 3.31. The van der Waals surface area contributed by atoms with E-state index in [1.54, 1.807) is 0 Å². The quantitative estimate of drug-likeness (QED) is 0.779. The molecule has 1 N–H and O–H groups in total. The van der Waals surface area contributed by atoms with Crippen LogP contribution in [0.2, 0.25) is 0 Å². The molecule has 1 fully saturated rings. The van der Waals surface area contributed by atoms with Gasteiger partial charge >= 0.3 is 0 Å². The summed E-state index contributed by atoms with van der Waals surface area (Å²) in [5.74, 6) is 0.277. The fourth-order valence-corrected chi connectivity index (χ4v) is 2.58. The number of rotatable bonds is 2. The minimum atomic E-state index is -0.751. The average Bonchev–Trinajstić information content (AvgIpc) is 2.61. The van der Waals surface area contributed by atoms with Crippen molar-refractivity contribution in [3.63, 3.8) is 0 Å². The molecule has 1 nitrogen and oxygen atoms in total. The van der Waals surface area contributed by atoms with Crippen molar-refractivity contribution in [2.24, 2.45) is 5.92 Å². The summed E-state index contributed by atoms with van der Waals surface area (Å²) in [6.07, 6.45) is 3.61. The van der Waals surface area contributed by atoms with E-state index in [2.05, 4.69) is 11.4 Å². The number of halogens is 1. The lowest BCUT2D eigenvalue weighted by molar-refractivity contribution is 0.150.